The second-order valence-electron chi connectivity index (χ2n) is 9.16. The Kier molecular flexibility index (Phi) is 6.08. The first-order valence-corrected chi connectivity index (χ1v) is 11.7. The summed E-state index contributed by atoms with van der Waals surface area (Å²) in [5.74, 6) is -1.87. The fourth-order valence-electron chi connectivity index (χ4n) is 4.37. The highest BCUT2D eigenvalue weighted by Crippen LogP contribution is 2.37. The highest BCUT2D eigenvalue weighted by atomic mass is 19.3. The van der Waals surface area contributed by atoms with Gasteiger partial charge in [0.2, 0.25) is 0 Å². The van der Waals surface area contributed by atoms with E-state index >= 15 is 0 Å². The van der Waals surface area contributed by atoms with E-state index in [9.17, 15) is 18.4 Å². The molecule has 2 N–H and O–H groups in total. The topological polar surface area (TPSA) is 92.0 Å². The molecule has 7 nitrogen and oxygen atoms in total. The molecule has 0 spiro atoms. The summed E-state index contributed by atoms with van der Waals surface area (Å²) < 4.78 is 38.9. The van der Waals surface area contributed by atoms with Gasteiger partial charge in [-0.25, -0.2) is 13.6 Å². The lowest BCUT2D eigenvalue weighted by molar-refractivity contribution is -0.0494. The number of rotatable bonds is 6. The van der Waals surface area contributed by atoms with Crippen molar-refractivity contribution in [1.82, 2.24) is 10.2 Å². The lowest BCUT2D eigenvalue weighted by atomic mass is 9.96. The number of carboxylic acid groups (broad SMARTS) is 1. The van der Waals surface area contributed by atoms with E-state index in [0.717, 1.165) is 35.8 Å². The molecular formula is C26H26F2N2O5. The van der Waals surface area contributed by atoms with Crippen LogP contribution in [-0.2, 0) is 6.54 Å². The molecule has 1 aliphatic heterocycles. The summed E-state index contributed by atoms with van der Waals surface area (Å²) in [5.41, 5.74) is 2.74. The van der Waals surface area contributed by atoms with E-state index in [2.05, 4.69) is 5.32 Å². The number of halogens is 2. The highest BCUT2D eigenvalue weighted by Gasteiger charge is 2.35. The van der Waals surface area contributed by atoms with Crippen molar-refractivity contribution < 1.29 is 32.6 Å². The Bertz CT molecular complexity index is 1240. The van der Waals surface area contributed by atoms with Gasteiger partial charge in [0.1, 0.15) is 5.76 Å². The molecule has 2 fully saturated rings. The Morgan fingerprint density at radius 3 is 2.43 bits per heavy atom. The molecule has 9 heteroatoms. The maximum atomic E-state index is 13.4. The van der Waals surface area contributed by atoms with Crippen molar-refractivity contribution in [2.24, 2.45) is 0 Å². The van der Waals surface area contributed by atoms with Crippen LogP contribution >= 0.6 is 0 Å². The maximum absolute atomic E-state index is 13.4. The van der Waals surface area contributed by atoms with E-state index in [4.69, 9.17) is 14.3 Å². The van der Waals surface area contributed by atoms with Gasteiger partial charge >= 0.3 is 6.09 Å². The summed E-state index contributed by atoms with van der Waals surface area (Å²) in [4.78, 5) is 25.1. The van der Waals surface area contributed by atoms with Crippen molar-refractivity contribution in [2.75, 3.05) is 13.1 Å². The van der Waals surface area contributed by atoms with Crippen molar-refractivity contribution in [3.05, 3.63) is 53.8 Å². The number of likely N-dealkylation sites (tertiary alicyclic amines) is 1. The third-order valence-corrected chi connectivity index (χ3v) is 6.64. The van der Waals surface area contributed by atoms with Gasteiger partial charge in [0.15, 0.2) is 11.3 Å². The Morgan fingerprint density at radius 1 is 1.09 bits per heavy atom. The molecule has 184 valence electrons. The molecule has 1 saturated carbocycles. The van der Waals surface area contributed by atoms with E-state index in [0.29, 0.717) is 22.7 Å². The zero-order chi connectivity index (χ0) is 24.6. The largest absolute Gasteiger partial charge is 0.486 e. The van der Waals surface area contributed by atoms with Gasteiger partial charge in [-0.05, 0) is 60.7 Å². The molecule has 0 radical (unpaired) electrons. The van der Waals surface area contributed by atoms with Crippen LogP contribution in [0.5, 0.6) is 5.75 Å². The number of carbonyl (C=O) groups is 2. The first-order chi connectivity index (χ1) is 16.8. The van der Waals surface area contributed by atoms with Crippen molar-refractivity contribution in [3.8, 4) is 16.9 Å². The maximum Gasteiger partial charge on any atom is 0.405 e. The molecule has 1 aromatic heterocycles. The van der Waals surface area contributed by atoms with Gasteiger partial charge in [-0.3, -0.25) is 4.79 Å². The van der Waals surface area contributed by atoms with Gasteiger partial charge in [-0.15, -0.1) is 0 Å². The summed E-state index contributed by atoms with van der Waals surface area (Å²) in [7, 11) is 0. The molecule has 0 bridgehead atoms. The second-order valence-corrected chi connectivity index (χ2v) is 9.16. The van der Waals surface area contributed by atoms with Gasteiger partial charge in [0, 0.05) is 36.9 Å². The van der Waals surface area contributed by atoms with Crippen LogP contribution in [0, 0.1) is 0 Å². The Morgan fingerprint density at radius 2 is 1.80 bits per heavy atom. The number of nitrogens with one attached hydrogen (secondary N) is 1. The Labute approximate surface area is 200 Å². The Hall–Kier alpha value is -3.62. The third-order valence-electron chi connectivity index (χ3n) is 6.64. The number of fused-ring (bicyclic) bond motifs is 1. The zero-order valence-corrected chi connectivity index (χ0v) is 19.1. The molecule has 2 heterocycles. The van der Waals surface area contributed by atoms with Crippen LogP contribution in [-0.4, -0.2) is 47.1 Å². The van der Waals surface area contributed by atoms with E-state index in [1.54, 1.807) is 18.2 Å². The molecule has 0 unspecified atom stereocenters. The van der Waals surface area contributed by atoms with Crippen LogP contribution in [0.3, 0.4) is 0 Å². The van der Waals surface area contributed by atoms with Gasteiger partial charge in [-0.1, -0.05) is 12.1 Å². The lowest BCUT2D eigenvalue weighted by Gasteiger charge is -2.31. The summed E-state index contributed by atoms with van der Waals surface area (Å²) in [6.07, 6.45) is 1.42. The van der Waals surface area contributed by atoms with Crippen LogP contribution in [0.2, 0.25) is 0 Å². The fraction of sp³-hybridized carbons (Fsp3) is 0.385. The number of piperidine rings is 1. The smallest absolute Gasteiger partial charge is 0.405 e. The van der Waals surface area contributed by atoms with Crippen molar-refractivity contribution in [1.29, 1.82) is 0 Å². The number of ether oxygens (including phenoxy) is 1. The van der Waals surface area contributed by atoms with E-state index in [1.165, 1.54) is 4.90 Å². The SMILES string of the molecule is O=C(O)NCc1cc2cc(-c3ccc(C(=O)N4CCC(F)(F)CC4)cc3)cc(OC3CCC3)c2o1. The van der Waals surface area contributed by atoms with Crippen molar-refractivity contribution in [3.63, 3.8) is 0 Å². The van der Waals surface area contributed by atoms with Crippen LogP contribution in [0.15, 0.2) is 46.9 Å². The molecule has 5 rings (SSSR count). The van der Waals surface area contributed by atoms with Crippen molar-refractivity contribution >= 4 is 23.0 Å². The normalized spacial score (nSPS) is 17.7. The van der Waals surface area contributed by atoms with E-state index in [1.807, 2.05) is 24.3 Å². The van der Waals surface area contributed by atoms with Crippen LogP contribution in [0.1, 0.15) is 48.2 Å². The molecular weight excluding hydrogens is 458 g/mol. The van der Waals surface area contributed by atoms with Crippen LogP contribution < -0.4 is 10.1 Å². The predicted molar refractivity (Wildman–Crippen MR) is 125 cm³/mol. The number of benzene rings is 2. The molecule has 1 saturated heterocycles. The standard InChI is InChI=1S/C26H26F2N2O5/c27-26(28)8-10-30(11-9-26)24(31)17-6-4-16(5-7-17)18-12-19-13-21(15-29-25(32)33)35-23(19)22(14-18)34-20-2-1-3-20/h4-7,12-14,20,29H,1-3,8-11,15H2,(H,32,33). The number of hydrogen-bond acceptors (Lipinski definition) is 4. The number of hydrogen-bond donors (Lipinski definition) is 2. The first-order valence-electron chi connectivity index (χ1n) is 11.7. The molecule has 0 atom stereocenters. The number of furan rings is 1. The van der Waals surface area contributed by atoms with E-state index in [-0.39, 0.29) is 44.5 Å². The zero-order valence-electron chi connectivity index (χ0n) is 19.1. The minimum atomic E-state index is -2.70. The average molecular weight is 484 g/mol. The lowest BCUT2D eigenvalue weighted by Crippen LogP contribution is -2.42. The quantitative estimate of drug-likeness (QED) is 0.470. The molecule has 3 aromatic rings. The van der Waals surface area contributed by atoms with E-state index < -0.39 is 12.0 Å². The third kappa shape index (κ3) is 5.08. The van der Waals surface area contributed by atoms with Crippen LogP contribution in [0.25, 0.3) is 22.1 Å². The molecule has 2 aliphatic rings. The number of amides is 2. The molecule has 35 heavy (non-hydrogen) atoms. The molecule has 2 aromatic carbocycles. The van der Waals surface area contributed by atoms with Gasteiger partial charge in [0.25, 0.3) is 11.8 Å². The predicted octanol–water partition coefficient (Wildman–Crippen LogP) is 5.67. The second kappa shape index (κ2) is 9.20. The minimum absolute atomic E-state index is 0.0431. The molecule has 2 amide bonds. The summed E-state index contributed by atoms with van der Waals surface area (Å²) >= 11 is 0. The highest BCUT2D eigenvalue weighted by molar-refractivity contribution is 5.95. The number of nitrogens with zero attached hydrogens (tertiary/aromatic N) is 1. The first kappa shape index (κ1) is 23.1. The number of alkyl halides is 2. The Balaban J connectivity index is 1.40. The minimum Gasteiger partial charge on any atom is -0.486 e. The summed E-state index contributed by atoms with van der Waals surface area (Å²) in [5, 5.41) is 12.0. The van der Waals surface area contributed by atoms with Crippen LogP contribution in [0.4, 0.5) is 13.6 Å². The fourth-order valence-corrected chi connectivity index (χ4v) is 4.37. The van der Waals surface area contributed by atoms with Crippen molar-refractivity contribution in [2.45, 2.75) is 50.7 Å². The van der Waals surface area contributed by atoms with Gasteiger partial charge in [0.05, 0.1) is 12.6 Å². The number of carbonyl (C=O) groups excluding carboxylic acids is 1. The average Bonchev–Trinajstić information content (AvgIpc) is 3.23. The molecule has 1 aliphatic carbocycles. The summed E-state index contributed by atoms with van der Waals surface area (Å²) in [6, 6.07) is 12.7. The summed E-state index contributed by atoms with van der Waals surface area (Å²) in [6.45, 7) is 0.138. The van der Waals surface area contributed by atoms with Gasteiger partial charge < -0.3 is 24.5 Å². The monoisotopic (exact) mass is 484 g/mol. The van der Waals surface area contributed by atoms with Gasteiger partial charge in [-0.2, -0.15) is 0 Å².